The molecule has 4 heteroatoms. The minimum atomic E-state index is -2.14. The highest BCUT2D eigenvalue weighted by Crippen LogP contribution is 2.55. The quantitative estimate of drug-likeness (QED) is 0.456. The van der Waals surface area contributed by atoms with Gasteiger partial charge in [0.15, 0.2) is 6.16 Å². The molecule has 0 aliphatic heterocycles. The lowest BCUT2D eigenvalue weighted by Crippen LogP contribution is -3.00. The number of esters is 1. The van der Waals surface area contributed by atoms with Gasteiger partial charge in [-0.2, -0.15) is 0 Å². The van der Waals surface area contributed by atoms with Crippen molar-refractivity contribution in [2.75, 3.05) is 6.16 Å². The van der Waals surface area contributed by atoms with Crippen LogP contribution in [0.3, 0.4) is 0 Å². The molecule has 0 radical (unpaired) electrons. The van der Waals surface area contributed by atoms with Crippen LogP contribution in [0.15, 0.2) is 91.0 Å². The van der Waals surface area contributed by atoms with Gasteiger partial charge in [0.25, 0.3) is 0 Å². The largest absolute Gasteiger partial charge is 1.00 e. The van der Waals surface area contributed by atoms with Crippen molar-refractivity contribution in [3.63, 3.8) is 0 Å². The Balaban J connectivity index is 0.00000261. The van der Waals surface area contributed by atoms with Crippen LogP contribution in [-0.4, -0.2) is 18.2 Å². The lowest BCUT2D eigenvalue weighted by molar-refractivity contribution is -0.144. The van der Waals surface area contributed by atoms with E-state index in [0.717, 1.165) is 0 Å². The van der Waals surface area contributed by atoms with E-state index in [4.69, 9.17) is 4.74 Å². The third-order valence-corrected chi connectivity index (χ3v) is 8.60. The van der Waals surface area contributed by atoms with Gasteiger partial charge in [0, 0.05) is 0 Å². The van der Waals surface area contributed by atoms with Gasteiger partial charge in [-0.1, -0.05) is 54.6 Å². The normalized spacial score (nSPS) is 10.9. The Bertz CT molecular complexity index is 739. The molecule has 0 fully saturated rings. The minimum Gasteiger partial charge on any atom is -1.00 e. The van der Waals surface area contributed by atoms with Crippen LogP contribution in [-0.2, 0) is 9.53 Å². The van der Waals surface area contributed by atoms with Gasteiger partial charge >= 0.3 is 5.97 Å². The lowest BCUT2D eigenvalue weighted by atomic mass is 10.4. The van der Waals surface area contributed by atoms with E-state index in [1.54, 1.807) is 0 Å². The molecule has 27 heavy (non-hydrogen) atoms. The fourth-order valence-corrected chi connectivity index (χ4v) is 7.21. The van der Waals surface area contributed by atoms with Gasteiger partial charge in [-0.3, -0.25) is 0 Å². The number of ether oxygens (including phenoxy) is 1. The average Bonchev–Trinajstić information content (AvgIpc) is 2.67. The summed E-state index contributed by atoms with van der Waals surface area (Å²) in [6, 6.07) is 31.1. The van der Waals surface area contributed by atoms with Gasteiger partial charge in [0.1, 0.15) is 23.2 Å². The van der Waals surface area contributed by atoms with Crippen LogP contribution in [0.4, 0.5) is 0 Å². The maximum Gasteiger partial charge on any atom is 0.345 e. The number of carbonyl (C=O) groups is 1. The SMILES string of the molecule is CC(C)OC(=O)C[P+](c1ccccc1)(c1ccccc1)c1ccccc1.[Cl-]. The van der Waals surface area contributed by atoms with E-state index in [2.05, 4.69) is 36.4 Å². The zero-order valence-electron chi connectivity index (χ0n) is 15.6. The molecule has 0 aliphatic rings. The van der Waals surface area contributed by atoms with E-state index >= 15 is 0 Å². The predicted molar refractivity (Wildman–Crippen MR) is 111 cm³/mol. The van der Waals surface area contributed by atoms with E-state index in [-0.39, 0.29) is 24.5 Å². The van der Waals surface area contributed by atoms with Crippen LogP contribution in [0.2, 0.25) is 0 Å². The van der Waals surface area contributed by atoms with Crippen LogP contribution in [0.25, 0.3) is 0 Å². The third-order valence-electron chi connectivity index (χ3n) is 4.32. The molecule has 0 spiro atoms. The highest BCUT2D eigenvalue weighted by molar-refractivity contribution is 7.96. The Morgan fingerprint density at radius 1 is 0.741 bits per heavy atom. The van der Waals surface area contributed by atoms with E-state index in [0.29, 0.717) is 6.16 Å². The molecule has 2 nitrogen and oxygen atoms in total. The van der Waals surface area contributed by atoms with Gasteiger partial charge in [-0.25, -0.2) is 4.79 Å². The number of hydrogen-bond donors (Lipinski definition) is 0. The second-order valence-electron chi connectivity index (χ2n) is 6.51. The molecule has 0 saturated heterocycles. The lowest BCUT2D eigenvalue weighted by Gasteiger charge is -2.27. The summed E-state index contributed by atoms with van der Waals surface area (Å²) in [4.78, 5) is 12.8. The maximum atomic E-state index is 12.8. The molecule has 3 aromatic rings. The van der Waals surface area contributed by atoms with Crippen molar-refractivity contribution in [2.45, 2.75) is 20.0 Å². The molecule has 0 saturated carbocycles. The van der Waals surface area contributed by atoms with Crippen molar-refractivity contribution >= 4 is 29.1 Å². The summed E-state index contributed by atoms with van der Waals surface area (Å²) in [5.74, 6) is -0.148. The van der Waals surface area contributed by atoms with Crippen molar-refractivity contribution < 1.29 is 21.9 Å². The van der Waals surface area contributed by atoms with Crippen molar-refractivity contribution in [3.05, 3.63) is 91.0 Å². The van der Waals surface area contributed by atoms with Crippen LogP contribution < -0.4 is 28.3 Å². The number of hydrogen-bond acceptors (Lipinski definition) is 2. The standard InChI is InChI=1S/C23H24O2P.ClH/c1-19(2)25-23(24)18-26(20-12-6-3-7-13-20,21-14-8-4-9-15-21)22-16-10-5-11-17-22;/h3-17,19H,18H2,1-2H3;1H/q+1;/p-1. The Morgan fingerprint density at radius 3 is 1.37 bits per heavy atom. The first kappa shape index (κ1) is 21.2. The van der Waals surface area contributed by atoms with E-state index < -0.39 is 7.26 Å². The van der Waals surface area contributed by atoms with Gasteiger partial charge in [-0.15, -0.1) is 0 Å². The molecule has 0 amide bonds. The fourth-order valence-electron chi connectivity index (χ4n) is 3.26. The van der Waals surface area contributed by atoms with Gasteiger partial charge < -0.3 is 17.1 Å². The van der Waals surface area contributed by atoms with Crippen LogP contribution in [0.1, 0.15) is 13.8 Å². The molecule has 0 N–H and O–H groups in total. The molecule has 0 aromatic heterocycles. The molecule has 0 heterocycles. The average molecular weight is 399 g/mol. The molecular formula is C23H24ClO2P. The summed E-state index contributed by atoms with van der Waals surface area (Å²) in [6.07, 6.45) is 0.246. The summed E-state index contributed by atoms with van der Waals surface area (Å²) in [5, 5.41) is 3.58. The van der Waals surface area contributed by atoms with Crippen LogP contribution >= 0.6 is 7.26 Å². The van der Waals surface area contributed by atoms with Crippen molar-refractivity contribution in [1.82, 2.24) is 0 Å². The number of halogens is 1. The highest BCUT2D eigenvalue weighted by Gasteiger charge is 2.47. The van der Waals surface area contributed by atoms with Crippen molar-refractivity contribution in [3.8, 4) is 0 Å². The number of carbonyl (C=O) groups excluding carboxylic acids is 1. The Morgan fingerprint density at radius 2 is 1.07 bits per heavy atom. The topological polar surface area (TPSA) is 26.3 Å². The second kappa shape index (κ2) is 9.69. The predicted octanol–water partition coefficient (Wildman–Crippen LogP) is 0.936. The smallest absolute Gasteiger partial charge is 0.345 e. The van der Waals surface area contributed by atoms with Gasteiger partial charge in [0.2, 0.25) is 0 Å². The Kier molecular flexibility index (Phi) is 7.59. The van der Waals surface area contributed by atoms with Gasteiger partial charge in [-0.05, 0) is 50.2 Å². The highest BCUT2D eigenvalue weighted by atomic mass is 35.5. The van der Waals surface area contributed by atoms with Crippen LogP contribution in [0.5, 0.6) is 0 Å². The first-order valence-electron chi connectivity index (χ1n) is 8.87. The van der Waals surface area contributed by atoms with E-state index in [1.165, 1.54) is 15.9 Å². The molecule has 3 aromatic carbocycles. The summed E-state index contributed by atoms with van der Waals surface area (Å²) in [7, 11) is -2.14. The van der Waals surface area contributed by atoms with Crippen LogP contribution in [0, 0.1) is 0 Å². The monoisotopic (exact) mass is 398 g/mol. The molecule has 0 aliphatic carbocycles. The molecular weight excluding hydrogens is 375 g/mol. The molecule has 0 bridgehead atoms. The Hall–Kier alpha value is -2.15. The molecule has 0 unspecified atom stereocenters. The Labute approximate surface area is 168 Å². The zero-order chi connectivity index (χ0) is 18.4. The molecule has 3 rings (SSSR count). The summed E-state index contributed by atoms with van der Waals surface area (Å²) in [6.45, 7) is 3.79. The maximum absolute atomic E-state index is 12.8. The fraction of sp³-hybridized carbons (Fsp3) is 0.174. The zero-order valence-corrected chi connectivity index (χ0v) is 17.2. The summed E-state index contributed by atoms with van der Waals surface area (Å²) < 4.78 is 5.56. The number of benzene rings is 3. The number of rotatable bonds is 6. The summed E-state index contributed by atoms with van der Waals surface area (Å²) in [5.41, 5.74) is 0. The molecule has 140 valence electrons. The first-order chi connectivity index (χ1) is 12.6. The van der Waals surface area contributed by atoms with E-state index in [1.807, 2.05) is 68.4 Å². The van der Waals surface area contributed by atoms with Gasteiger partial charge in [0.05, 0.1) is 6.10 Å². The van der Waals surface area contributed by atoms with E-state index in [9.17, 15) is 4.79 Å². The third kappa shape index (κ3) is 4.77. The summed E-state index contributed by atoms with van der Waals surface area (Å²) >= 11 is 0. The molecule has 0 atom stereocenters. The van der Waals surface area contributed by atoms with Crippen molar-refractivity contribution in [2.24, 2.45) is 0 Å². The first-order valence-corrected chi connectivity index (χ1v) is 10.8. The second-order valence-corrected chi connectivity index (χ2v) is 10.00. The van der Waals surface area contributed by atoms with Crippen molar-refractivity contribution in [1.29, 1.82) is 0 Å². The minimum absolute atomic E-state index is 0.